The van der Waals surface area contributed by atoms with Crippen molar-refractivity contribution in [1.29, 1.82) is 0 Å². The summed E-state index contributed by atoms with van der Waals surface area (Å²) in [5.74, 6) is 0.0712. The minimum Gasteiger partial charge on any atom is -0.448 e. The van der Waals surface area contributed by atoms with Gasteiger partial charge >= 0.3 is 6.09 Å². The van der Waals surface area contributed by atoms with Gasteiger partial charge in [0.05, 0.1) is 17.6 Å². The molecule has 0 N–H and O–H groups in total. The first kappa shape index (κ1) is 19.6. The summed E-state index contributed by atoms with van der Waals surface area (Å²) in [6.45, 7) is 1.44. The first-order chi connectivity index (χ1) is 14.6. The fourth-order valence-corrected chi connectivity index (χ4v) is 6.27. The summed E-state index contributed by atoms with van der Waals surface area (Å²) in [6, 6.07) is 6.27. The molecule has 3 heterocycles. The fourth-order valence-electron chi connectivity index (χ4n) is 4.00. The number of para-hydroxylation sites is 1. The molecular weight excluding hydrogens is 425 g/mol. The number of nitrogens with zero attached hydrogens (tertiary/aromatic N) is 3. The molecule has 1 amide bonds. The van der Waals surface area contributed by atoms with Gasteiger partial charge in [0.1, 0.15) is 17.3 Å². The van der Waals surface area contributed by atoms with Crippen LogP contribution in [0.25, 0.3) is 15.9 Å². The summed E-state index contributed by atoms with van der Waals surface area (Å²) < 4.78 is 21.0. The van der Waals surface area contributed by atoms with E-state index in [1.807, 2.05) is 0 Å². The number of thiophene rings is 1. The summed E-state index contributed by atoms with van der Waals surface area (Å²) >= 11 is 2.94. The number of aryl methyl sites for hydroxylation is 2. The van der Waals surface area contributed by atoms with Gasteiger partial charge in [0.15, 0.2) is 5.16 Å². The van der Waals surface area contributed by atoms with Crippen LogP contribution in [0, 0.1) is 5.82 Å². The number of halogens is 1. The predicted octanol–water partition coefficient (Wildman–Crippen LogP) is 4.01. The van der Waals surface area contributed by atoms with Crippen molar-refractivity contribution in [3.8, 4) is 5.69 Å². The van der Waals surface area contributed by atoms with E-state index in [0.29, 0.717) is 36.0 Å². The number of fused-ring (bicyclic) bond motifs is 3. The minimum atomic E-state index is -0.463. The molecule has 3 aromatic rings. The van der Waals surface area contributed by atoms with E-state index in [0.717, 1.165) is 36.1 Å². The maximum absolute atomic E-state index is 14.7. The summed E-state index contributed by atoms with van der Waals surface area (Å²) in [4.78, 5) is 33.6. The Bertz CT molecular complexity index is 1190. The Balaban J connectivity index is 1.59. The molecule has 1 aromatic carbocycles. The summed E-state index contributed by atoms with van der Waals surface area (Å²) in [5.41, 5.74) is 1.07. The van der Waals surface area contributed by atoms with Gasteiger partial charge in [0.2, 0.25) is 0 Å². The van der Waals surface area contributed by atoms with Crippen LogP contribution in [0.1, 0.15) is 23.3 Å². The predicted molar refractivity (Wildman–Crippen MR) is 115 cm³/mol. The molecular formula is C21H20FN3O3S2. The van der Waals surface area contributed by atoms with E-state index in [1.54, 1.807) is 34.4 Å². The van der Waals surface area contributed by atoms with E-state index < -0.39 is 5.82 Å². The zero-order valence-corrected chi connectivity index (χ0v) is 17.9. The van der Waals surface area contributed by atoms with E-state index in [4.69, 9.17) is 9.72 Å². The molecule has 30 heavy (non-hydrogen) atoms. The lowest BCUT2D eigenvalue weighted by molar-refractivity contribution is 0.160. The lowest BCUT2D eigenvalue weighted by Crippen LogP contribution is -2.27. The molecule has 6 nitrogen and oxygen atoms in total. The maximum Gasteiger partial charge on any atom is 0.409 e. The van der Waals surface area contributed by atoms with Crippen LogP contribution in [0.3, 0.4) is 0 Å². The van der Waals surface area contributed by atoms with E-state index in [-0.39, 0.29) is 17.3 Å². The summed E-state index contributed by atoms with van der Waals surface area (Å²) in [7, 11) is 0. The van der Waals surface area contributed by atoms with Crippen molar-refractivity contribution in [2.45, 2.75) is 30.8 Å². The molecule has 1 aliphatic heterocycles. The van der Waals surface area contributed by atoms with Crippen LogP contribution in [0.4, 0.5) is 9.18 Å². The molecule has 0 atom stereocenters. The third-order valence-electron chi connectivity index (χ3n) is 5.49. The Kier molecular flexibility index (Phi) is 5.24. The molecule has 0 radical (unpaired) electrons. The van der Waals surface area contributed by atoms with Crippen molar-refractivity contribution < 1.29 is 13.9 Å². The van der Waals surface area contributed by atoms with E-state index >= 15 is 0 Å². The number of carbonyl (C=O) groups is 1. The third kappa shape index (κ3) is 3.39. The number of cyclic esters (lactones) is 1. The Morgan fingerprint density at radius 1 is 1.20 bits per heavy atom. The van der Waals surface area contributed by atoms with Gasteiger partial charge in [-0.15, -0.1) is 11.3 Å². The monoisotopic (exact) mass is 445 g/mol. The fraction of sp³-hybridized carbons (Fsp3) is 0.381. The average Bonchev–Trinajstić information content (AvgIpc) is 3.32. The quantitative estimate of drug-likeness (QED) is 0.439. The van der Waals surface area contributed by atoms with E-state index in [1.165, 1.54) is 27.3 Å². The van der Waals surface area contributed by atoms with Crippen LogP contribution >= 0.6 is 23.1 Å². The molecule has 1 fully saturated rings. The highest BCUT2D eigenvalue weighted by Crippen LogP contribution is 2.35. The number of thioether (sulfide) groups is 1. The van der Waals surface area contributed by atoms with Gasteiger partial charge in [-0.1, -0.05) is 23.9 Å². The second-order valence-electron chi connectivity index (χ2n) is 7.33. The molecule has 156 valence electrons. The lowest BCUT2D eigenvalue weighted by atomic mass is 9.97. The van der Waals surface area contributed by atoms with Crippen LogP contribution in [-0.4, -0.2) is 46.0 Å². The molecule has 9 heteroatoms. The Labute approximate surface area is 180 Å². The van der Waals surface area contributed by atoms with Crippen LogP contribution in [0.15, 0.2) is 34.2 Å². The SMILES string of the molecule is O=C1OCCN1CCSc1nc2sc3c(c2c(=O)n1-c1ccccc1F)CCCC3. The first-order valence-corrected chi connectivity index (χ1v) is 11.8. The first-order valence-electron chi connectivity index (χ1n) is 10.00. The molecule has 2 aromatic heterocycles. The number of aromatic nitrogens is 2. The van der Waals surface area contributed by atoms with Crippen molar-refractivity contribution in [3.63, 3.8) is 0 Å². The molecule has 1 saturated heterocycles. The van der Waals surface area contributed by atoms with Crippen LogP contribution < -0.4 is 5.56 Å². The van der Waals surface area contributed by atoms with Gasteiger partial charge in [-0.3, -0.25) is 9.36 Å². The molecule has 0 spiro atoms. The number of rotatable bonds is 5. The molecule has 1 aliphatic carbocycles. The van der Waals surface area contributed by atoms with Gasteiger partial charge in [-0.05, 0) is 43.4 Å². The Hall–Kier alpha value is -2.39. The Morgan fingerprint density at radius 2 is 2.03 bits per heavy atom. The van der Waals surface area contributed by atoms with Gasteiger partial charge in [-0.25, -0.2) is 14.2 Å². The number of ether oxygens (including phenoxy) is 1. The van der Waals surface area contributed by atoms with Crippen molar-refractivity contribution in [1.82, 2.24) is 14.5 Å². The third-order valence-corrected chi connectivity index (χ3v) is 7.59. The second kappa shape index (κ2) is 8.03. The number of hydrogen-bond acceptors (Lipinski definition) is 6. The molecule has 0 saturated carbocycles. The van der Waals surface area contributed by atoms with Crippen LogP contribution in [0.5, 0.6) is 0 Å². The highest BCUT2D eigenvalue weighted by atomic mass is 32.2. The number of amides is 1. The standard InChI is InChI=1S/C21H20FN3O3S2/c22-14-6-2-3-7-15(14)25-19(26)17-13-5-1-4-8-16(13)30-18(17)23-20(25)29-12-10-24-9-11-28-21(24)27/h2-3,6-7H,1,4-5,8-12H2. The second-order valence-corrected chi connectivity index (χ2v) is 9.47. The minimum absolute atomic E-state index is 0.204. The van der Waals surface area contributed by atoms with Gasteiger partial charge in [0, 0.05) is 17.2 Å². The average molecular weight is 446 g/mol. The van der Waals surface area contributed by atoms with E-state index in [9.17, 15) is 14.0 Å². The summed E-state index contributed by atoms with van der Waals surface area (Å²) in [5, 5.41) is 1.08. The van der Waals surface area contributed by atoms with Gasteiger partial charge in [-0.2, -0.15) is 0 Å². The van der Waals surface area contributed by atoms with Gasteiger partial charge in [0.25, 0.3) is 5.56 Å². The highest BCUT2D eigenvalue weighted by molar-refractivity contribution is 7.99. The van der Waals surface area contributed by atoms with Crippen LogP contribution in [-0.2, 0) is 17.6 Å². The van der Waals surface area contributed by atoms with Gasteiger partial charge < -0.3 is 9.64 Å². The van der Waals surface area contributed by atoms with Crippen molar-refractivity contribution in [2.24, 2.45) is 0 Å². The van der Waals surface area contributed by atoms with E-state index in [2.05, 4.69) is 0 Å². The highest BCUT2D eigenvalue weighted by Gasteiger charge is 2.25. The smallest absolute Gasteiger partial charge is 0.409 e. The molecule has 5 rings (SSSR count). The topological polar surface area (TPSA) is 64.4 Å². The molecule has 2 aliphatic rings. The lowest BCUT2D eigenvalue weighted by Gasteiger charge is -2.15. The number of carbonyl (C=O) groups excluding carboxylic acids is 1. The normalized spacial score (nSPS) is 16.2. The van der Waals surface area contributed by atoms with Crippen molar-refractivity contribution >= 4 is 39.4 Å². The number of hydrogen-bond donors (Lipinski definition) is 0. The van der Waals surface area contributed by atoms with Crippen molar-refractivity contribution in [2.75, 3.05) is 25.4 Å². The summed E-state index contributed by atoms with van der Waals surface area (Å²) in [6.07, 6.45) is 3.69. The van der Waals surface area contributed by atoms with Crippen molar-refractivity contribution in [3.05, 3.63) is 50.9 Å². The molecule has 0 bridgehead atoms. The largest absolute Gasteiger partial charge is 0.448 e. The molecule has 0 unspecified atom stereocenters. The number of benzene rings is 1. The Morgan fingerprint density at radius 3 is 2.83 bits per heavy atom. The zero-order chi connectivity index (χ0) is 20.7. The van der Waals surface area contributed by atoms with Crippen LogP contribution in [0.2, 0.25) is 0 Å². The maximum atomic E-state index is 14.7. The zero-order valence-electron chi connectivity index (χ0n) is 16.2.